The summed E-state index contributed by atoms with van der Waals surface area (Å²) in [6.45, 7) is 5.42. The van der Waals surface area contributed by atoms with E-state index in [0.29, 0.717) is 12.1 Å². The topological polar surface area (TPSA) is 119 Å². The zero-order valence-electron chi connectivity index (χ0n) is 20.2. The van der Waals surface area contributed by atoms with E-state index in [9.17, 15) is 24.3 Å². The number of amides is 1. The van der Waals surface area contributed by atoms with Crippen LogP contribution < -0.4 is 5.32 Å². The number of benzene rings is 3. The van der Waals surface area contributed by atoms with Crippen LogP contribution in [0.3, 0.4) is 0 Å². The largest absolute Gasteiger partial charge is 0.478 e. The molecule has 0 heterocycles. The zero-order chi connectivity index (χ0) is 26.2. The van der Waals surface area contributed by atoms with Crippen LogP contribution in [-0.2, 0) is 25.5 Å². The van der Waals surface area contributed by atoms with Gasteiger partial charge < -0.3 is 19.9 Å². The van der Waals surface area contributed by atoms with Gasteiger partial charge in [-0.1, -0.05) is 60.5 Å². The average Bonchev–Trinajstić information content (AvgIpc) is 2.86. The number of nitrogens with one attached hydrogen (secondary N) is 1. The number of esters is 2. The SMILES string of the molecule is CCc1ccccc1NC(=O)[C@H](OC(=O)c1cccc(C)c1)[C@@H](OC(=O)c1cccc(C)c1)C(=O)O. The number of aliphatic carboxylic acids is 1. The molecule has 3 aromatic carbocycles. The summed E-state index contributed by atoms with van der Waals surface area (Å²) in [5, 5.41) is 12.5. The van der Waals surface area contributed by atoms with Crippen LogP contribution in [-0.4, -0.2) is 41.1 Å². The first-order valence-corrected chi connectivity index (χ1v) is 11.4. The molecule has 2 atom stereocenters. The summed E-state index contributed by atoms with van der Waals surface area (Å²) < 4.78 is 10.6. The van der Waals surface area contributed by atoms with Crippen LogP contribution in [0.5, 0.6) is 0 Å². The van der Waals surface area contributed by atoms with Gasteiger partial charge in [0.05, 0.1) is 11.1 Å². The first-order chi connectivity index (χ1) is 17.2. The molecule has 0 aromatic heterocycles. The van der Waals surface area contributed by atoms with Crippen molar-refractivity contribution in [1.82, 2.24) is 0 Å². The Kier molecular flexibility index (Phi) is 8.57. The molecule has 8 nitrogen and oxygen atoms in total. The number of aryl methyl sites for hydroxylation is 3. The van der Waals surface area contributed by atoms with Gasteiger partial charge in [0, 0.05) is 5.69 Å². The van der Waals surface area contributed by atoms with Gasteiger partial charge in [0.15, 0.2) is 0 Å². The number of anilines is 1. The first kappa shape index (κ1) is 26.2. The Morgan fingerprint density at radius 1 is 0.778 bits per heavy atom. The number of para-hydroxylation sites is 1. The van der Waals surface area contributed by atoms with Gasteiger partial charge in [-0.3, -0.25) is 4.79 Å². The molecule has 3 rings (SSSR count). The van der Waals surface area contributed by atoms with Crippen LogP contribution in [0.1, 0.15) is 44.3 Å². The van der Waals surface area contributed by atoms with E-state index in [4.69, 9.17) is 9.47 Å². The Balaban J connectivity index is 1.95. The van der Waals surface area contributed by atoms with E-state index < -0.39 is 36.0 Å². The van der Waals surface area contributed by atoms with E-state index in [2.05, 4.69) is 5.32 Å². The maximum Gasteiger partial charge on any atom is 0.349 e. The van der Waals surface area contributed by atoms with Crippen LogP contribution in [0.4, 0.5) is 5.69 Å². The maximum atomic E-state index is 13.3. The Labute approximate surface area is 208 Å². The van der Waals surface area contributed by atoms with Crippen LogP contribution in [0, 0.1) is 13.8 Å². The Morgan fingerprint density at radius 3 is 1.81 bits per heavy atom. The monoisotopic (exact) mass is 489 g/mol. The maximum absolute atomic E-state index is 13.3. The molecular weight excluding hydrogens is 462 g/mol. The van der Waals surface area contributed by atoms with Crippen molar-refractivity contribution in [3.8, 4) is 0 Å². The Bertz CT molecular complexity index is 1280. The number of hydrogen-bond acceptors (Lipinski definition) is 6. The van der Waals surface area contributed by atoms with E-state index in [1.165, 1.54) is 24.3 Å². The number of ether oxygens (including phenoxy) is 2. The van der Waals surface area contributed by atoms with Crippen molar-refractivity contribution in [1.29, 1.82) is 0 Å². The highest BCUT2D eigenvalue weighted by molar-refractivity contribution is 6.01. The molecule has 1 amide bonds. The molecule has 0 saturated heterocycles. The zero-order valence-corrected chi connectivity index (χ0v) is 20.2. The summed E-state index contributed by atoms with van der Waals surface area (Å²) >= 11 is 0. The second-order valence-electron chi connectivity index (χ2n) is 8.23. The van der Waals surface area contributed by atoms with Gasteiger partial charge in [-0.15, -0.1) is 0 Å². The second-order valence-corrected chi connectivity index (χ2v) is 8.23. The highest BCUT2D eigenvalue weighted by atomic mass is 16.6. The van der Waals surface area contributed by atoms with Crippen molar-refractivity contribution in [2.24, 2.45) is 0 Å². The standard InChI is InChI=1S/C28H27NO7/c1-4-19-11-5-6-14-22(19)29-25(30)23(35-27(33)20-12-7-9-17(2)15-20)24(26(31)32)36-28(34)21-13-8-10-18(3)16-21/h5-16,23-24H,4H2,1-3H3,(H,29,30)(H,31,32)/t23-,24-/m1/s1. The molecule has 2 N–H and O–H groups in total. The fourth-order valence-corrected chi connectivity index (χ4v) is 3.56. The molecule has 0 aliphatic rings. The highest BCUT2D eigenvalue weighted by Crippen LogP contribution is 2.19. The van der Waals surface area contributed by atoms with Crippen molar-refractivity contribution in [2.75, 3.05) is 5.32 Å². The lowest BCUT2D eigenvalue weighted by molar-refractivity contribution is -0.157. The summed E-state index contributed by atoms with van der Waals surface area (Å²) in [5.74, 6) is -4.48. The molecule has 0 saturated carbocycles. The third-order valence-corrected chi connectivity index (χ3v) is 5.41. The smallest absolute Gasteiger partial charge is 0.349 e. The Morgan fingerprint density at radius 2 is 1.31 bits per heavy atom. The van der Waals surface area contributed by atoms with E-state index in [1.807, 2.05) is 6.92 Å². The van der Waals surface area contributed by atoms with E-state index >= 15 is 0 Å². The van der Waals surface area contributed by atoms with Crippen LogP contribution in [0.25, 0.3) is 0 Å². The molecule has 0 bridgehead atoms. The lowest BCUT2D eigenvalue weighted by Gasteiger charge is -2.24. The van der Waals surface area contributed by atoms with Crippen LogP contribution in [0.15, 0.2) is 72.8 Å². The van der Waals surface area contributed by atoms with Crippen molar-refractivity contribution in [3.05, 3.63) is 101 Å². The predicted octanol–water partition coefficient (Wildman–Crippen LogP) is 4.34. The number of rotatable bonds is 9. The third-order valence-electron chi connectivity index (χ3n) is 5.41. The molecule has 36 heavy (non-hydrogen) atoms. The molecule has 0 unspecified atom stereocenters. The van der Waals surface area contributed by atoms with Crippen molar-refractivity contribution in [3.63, 3.8) is 0 Å². The summed E-state index contributed by atoms with van der Waals surface area (Å²) in [4.78, 5) is 51.1. The summed E-state index contributed by atoms with van der Waals surface area (Å²) in [5.41, 5.74) is 2.96. The lowest BCUT2D eigenvalue weighted by atomic mass is 10.1. The summed E-state index contributed by atoms with van der Waals surface area (Å²) in [6, 6.07) is 19.7. The molecule has 0 spiro atoms. The first-order valence-electron chi connectivity index (χ1n) is 11.4. The molecule has 0 fully saturated rings. The van der Waals surface area contributed by atoms with Gasteiger partial charge >= 0.3 is 17.9 Å². The molecule has 3 aromatic rings. The minimum atomic E-state index is -2.10. The van der Waals surface area contributed by atoms with Gasteiger partial charge in [0.25, 0.3) is 5.91 Å². The van der Waals surface area contributed by atoms with Gasteiger partial charge in [-0.25, -0.2) is 14.4 Å². The average molecular weight is 490 g/mol. The molecule has 186 valence electrons. The number of carbonyl (C=O) groups is 4. The molecule has 0 aliphatic heterocycles. The minimum absolute atomic E-state index is 0.0988. The molecular formula is C28H27NO7. The lowest BCUT2D eigenvalue weighted by Crippen LogP contribution is -2.48. The number of carboxylic acid groups (broad SMARTS) is 1. The predicted molar refractivity (Wildman–Crippen MR) is 133 cm³/mol. The van der Waals surface area contributed by atoms with Gasteiger partial charge in [0.1, 0.15) is 0 Å². The van der Waals surface area contributed by atoms with E-state index in [1.54, 1.807) is 62.4 Å². The molecule has 0 radical (unpaired) electrons. The van der Waals surface area contributed by atoms with Gasteiger partial charge in [-0.05, 0) is 56.2 Å². The van der Waals surface area contributed by atoms with Crippen molar-refractivity contribution in [2.45, 2.75) is 39.4 Å². The van der Waals surface area contributed by atoms with E-state index in [0.717, 1.165) is 16.7 Å². The highest BCUT2D eigenvalue weighted by Gasteiger charge is 2.41. The molecule has 0 aliphatic carbocycles. The number of carbonyl (C=O) groups excluding carboxylic acids is 3. The second kappa shape index (κ2) is 11.8. The molecule has 8 heteroatoms. The van der Waals surface area contributed by atoms with Crippen molar-refractivity contribution >= 4 is 29.5 Å². The van der Waals surface area contributed by atoms with Crippen LogP contribution >= 0.6 is 0 Å². The van der Waals surface area contributed by atoms with Crippen molar-refractivity contribution < 1.29 is 33.8 Å². The van der Waals surface area contributed by atoms with Gasteiger partial charge in [0.2, 0.25) is 12.2 Å². The van der Waals surface area contributed by atoms with Gasteiger partial charge in [-0.2, -0.15) is 0 Å². The fraction of sp³-hybridized carbons (Fsp3) is 0.214. The number of carboxylic acids is 1. The normalized spacial score (nSPS) is 12.2. The minimum Gasteiger partial charge on any atom is -0.478 e. The fourth-order valence-electron chi connectivity index (χ4n) is 3.56. The van der Waals surface area contributed by atoms with Crippen LogP contribution in [0.2, 0.25) is 0 Å². The quantitative estimate of drug-likeness (QED) is 0.429. The number of hydrogen-bond donors (Lipinski definition) is 2. The third kappa shape index (κ3) is 6.56. The Hall–Kier alpha value is -4.46. The summed E-state index contributed by atoms with van der Waals surface area (Å²) in [7, 11) is 0. The van der Waals surface area contributed by atoms with E-state index in [-0.39, 0.29) is 11.1 Å². The summed E-state index contributed by atoms with van der Waals surface area (Å²) in [6.07, 6.45) is -3.47.